The second-order valence-electron chi connectivity index (χ2n) is 3.46. The molecule has 0 fully saturated rings. The summed E-state index contributed by atoms with van der Waals surface area (Å²) in [6.45, 7) is 2.49. The minimum absolute atomic E-state index is 0.523. The van der Waals surface area contributed by atoms with Gasteiger partial charge in [-0.2, -0.15) is 0 Å². The summed E-state index contributed by atoms with van der Waals surface area (Å²) < 4.78 is 26.7. The SMILES string of the molecule is C[C@@H](C[P@@](=O)(OP(=O)(O)O)[C@@H](C)N)C(=O)O. The average Bonchev–Trinajstić information content (AvgIpc) is 1.99. The van der Waals surface area contributed by atoms with E-state index in [9.17, 15) is 13.9 Å². The molecule has 10 heteroatoms. The first-order valence-corrected chi connectivity index (χ1v) is 7.73. The largest absolute Gasteiger partial charge is 0.481 e. The summed E-state index contributed by atoms with van der Waals surface area (Å²) in [5.41, 5.74) is 5.30. The van der Waals surface area contributed by atoms with Gasteiger partial charge in [-0.05, 0) is 6.92 Å². The van der Waals surface area contributed by atoms with Crippen molar-refractivity contribution in [3.05, 3.63) is 0 Å². The molecule has 0 rings (SSSR count). The third kappa shape index (κ3) is 5.21. The third-order valence-electron chi connectivity index (χ3n) is 1.82. The highest BCUT2D eigenvalue weighted by atomic mass is 31.3. The lowest BCUT2D eigenvalue weighted by atomic mass is 10.2. The Kier molecular flexibility index (Phi) is 5.32. The van der Waals surface area contributed by atoms with Gasteiger partial charge in [-0.15, -0.1) is 0 Å². The molecular weight excluding hydrogens is 260 g/mol. The molecule has 0 saturated carbocycles. The zero-order valence-corrected chi connectivity index (χ0v) is 10.6. The van der Waals surface area contributed by atoms with Crippen molar-refractivity contribution in [1.82, 2.24) is 0 Å². The Labute approximate surface area is 92.5 Å². The van der Waals surface area contributed by atoms with Crippen LogP contribution in [-0.2, 0) is 18.2 Å². The maximum atomic E-state index is 11.9. The normalized spacial score (nSPS) is 19.8. The smallest absolute Gasteiger partial charge is 0.475 e. The van der Waals surface area contributed by atoms with Crippen molar-refractivity contribution in [3.8, 4) is 0 Å². The zero-order chi connectivity index (χ0) is 13.1. The van der Waals surface area contributed by atoms with Gasteiger partial charge in [0.2, 0.25) is 7.37 Å². The van der Waals surface area contributed by atoms with E-state index in [1.165, 1.54) is 13.8 Å². The van der Waals surface area contributed by atoms with Crippen LogP contribution in [-0.4, -0.2) is 32.8 Å². The number of hydrogen-bond donors (Lipinski definition) is 4. The second-order valence-corrected chi connectivity index (χ2v) is 7.73. The van der Waals surface area contributed by atoms with Crippen molar-refractivity contribution >= 4 is 21.2 Å². The van der Waals surface area contributed by atoms with Crippen LogP contribution >= 0.6 is 15.2 Å². The maximum Gasteiger partial charge on any atom is 0.475 e. The Morgan fingerprint density at radius 1 is 1.38 bits per heavy atom. The van der Waals surface area contributed by atoms with E-state index in [4.69, 9.17) is 20.6 Å². The van der Waals surface area contributed by atoms with Gasteiger partial charge in [-0.3, -0.25) is 9.36 Å². The molecule has 8 nitrogen and oxygen atoms in total. The molecule has 0 bridgehead atoms. The minimum atomic E-state index is -4.96. The number of aliphatic carboxylic acids is 1. The van der Waals surface area contributed by atoms with Gasteiger partial charge >= 0.3 is 13.8 Å². The van der Waals surface area contributed by atoms with Crippen molar-refractivity contribution in [2.45, 2.75) is 19.6 Å². The van der Waals surface area contributed by atoms with Crippen LogP contribution in [0.4, 0.5) is 0 Å². The van der Waals surface area contributed by atoms with Gasteiger partial charge in [0.15, 0.2) is 0 Å². The summed E-state index contributed by atoms with van der Waals surface area (Å²) >= 11 is 0. The van der Waals surface area contributed by atoms with Crippen molar-refractivity contribution in [2.24, 2.45) is 11.7 Å². The predicted molar refractivity (Wildman–Crippen MR) is 56.1 cm³/mol. The average molecular weight is 275 g/mol. The molecule has 0 aromatic carbocycles. The van der Waals surface area contributed by atoms with Gasteiger partial charge < -0.3 is 20.6 Å². The van der Waals surface area contributed by atoms with Gasteiger partial charge in [-0.25, -0.2) is 8.88 Å². The molecular formula is C6H15NO7P2. The van der Waals surface area contributed by atoms with Crippen LogP contribution < -0.4 is 5.73 Å². The molecule has 96 valence electrons. The fourth-order valence-electron chi connectivity index (χ4n) is 0.914. The molecule has 0 aliphatic rings. The molecule has 16 heavy (non-hydrogen) atoms. The van der Waals surface area contributed by atoms with Crippen molar-refractivity contribution in [1.29, 1.82) is 0 Å². The summed E-state index contributed by atoms with van der Waals surface area (Å²) in [5.74, 6) is -3.46. The van der Waals surface area contributed by atoms with E-state index in [1.54, 1.807) is 0 Å². The maximum absolute atomic E-state index is 11.9. The van der Waals surface area contributed by atoms with Gasteiger partial charge in [0, 0.05) is 6.16 Å². The molecule has 0 aliphatic carbocycles. The van der Waals surface area contributed by atoms with Crippen molar-refractivity contribution < 1.29 is 33.1 Å². The van der Waals surface area contributed by atoms with E-state index >= 15 is 0 Å². The molecule has 0 heterocycles. The summed E-state index contributed by atoms with van der Waals surface area (Å²) in [7, 11) is -8.85. The minimum Gasteiger partial charge on any atom is -0.481 e. The lowest BCUT2D eigenvalue weighted by Gasteiger charge is -2.23. The van der Waals surface area contributed by atoms with Crippen LogP contribution in [0.2, 0.25) is 0 Å². The van der Waals surface area contributed by atoms with Crippen LogP contribution in [0.1, 0.15) is 13.8 Å². The van der Waals surface area contributed by atoms with Crippen LogP contribution in [0, 0.1) is 5.92 Å². The molecule has 0 aliphatic heterocycles. The fraction of sp³-hybridized carbons (Fsp3) is 0.833. The van der Waals surface area contributed by atoms with E-state index in [0.29, 0.717) is 0 Å². The van der Waals surface area contributed by atoms with E-state index < -0.39 is 39.0 Å². The zero-order valence-electron chi connectivity index (χ0n) is 8.81. The first-order chi connectivity index (χ1) is 6.98. The first kappa shape index (κ1) is 15.8. The Hall–Kier alpha value is -0.230. The topological polar surface area (TPSA) is 147 Å². The number of carboxylic acid groups (broad SMARTS) is 1. The highest BCUT2D eigenvalue weighted by molar-refractivity contribution is 7.67. The van der Waals surface area contributed by atoms with E-state index in [1.807, 2.05) is 0 Å². The predicted octanol–water partition coefficient (Wildman–Crippen LogP) is 0.399. The Morgan fingerprint density at radius 2 is 1.81 bits per heavy atom. The van der Waals surface area contributed by atoms with Crippen LogP contribution in [0.15, 0.2) is 0 Å². The van der Waals surface area contributed by atoms with Crippen LogP contribution in [0.3, 0.4) is 0 Å². The molecule has 0 aromatic rings. The standard InChI is InChI=1S/C6H15NO7P2/c1-4(6(8)9)3-15(10,5(2)7)14-16(11,12)13/h4-5H,3,7H2,1-2H3,(H,8,9)(H2,11,12,13)/t4-,5-,15+/m0/s1. The summed E-state index contributed by atoms with van der Waals surface area (Å²) in [5, 5.41) is 8.61. The highest BCUT2D eigenvalue weighted by Crippen LogP contribution is 2.62. The summed E-state index contributed by atoms with van der Waals surface area (Å²) in [6.07, 6.45) is -0.523. The number of rotatable bonds is 6. The fourth-order valence-corrected chi connectivity index (χ4v) is 4.47. The second kappa shape index (κ2) is 5.40. The lowest BCUT2D eigenvalue weighted by molar-refractivity contribution is -0.140. The molecule has 5 N–H and O–H groups in total. The highest BCUT2D eigenvalue weighted by Gasteiger charge is 2.38. The molecule has 0 amide bonds. The number of carbonyl (C=O) groups is 1. The summed E-state index contributed by atoms with van der Waals surface area (Å²) in [4.78, 5) is 27.7. The third-order valence-corrected chi connectivity index (χ3v) is 6.07. The molecule has 0 aromatic heterocycles. The van der Waals surface area contributed by atoms with Crippen LogP contribution in [0.5, 0.6) is 0 Å². The van der Waals surface area contributed by atoms with E-state index in [0.717, 1.165) is 0 Å². The van der Waals surface area contributed by atoms with Gasteiger partial charge in [0.1, 0.15) is 0 Å². The number of hydrogen-bond acceptors (Lipinski definition) is 5. The van der Waals surface area contributed by atoms with Crippen LogP contribution in [0.25, 0.3) is 0 Å². The quantitative estimate of drug-likeness (QED) is 0.509. The van der Waals surface area contributed by atoms with E-state index in [2.05, 4.69) is 4.31 Å². The van der Waals surface area contributed by atoms with E-state index in [-0.39, 0.29) is 0 Å². The van der Waals surface area contributed by atoms with Crippen molar-refractivity contribution in [2.75, 3.05) is 6.16 Å². The monoisotopic (exact) mass is 275 g/mol. The van der Waals surface area contributed by atoms with Crippen molar-refractivity contribution in [3.63, 3.8) is 0 Å². The Bertz CT molecular complexity index is 349. The lowest BCUT2D eigenvalue weighted by Crippen LogP contribution is -2.24. The molecule has 0 unspecified atom stereocenters. The van der Waals surface area contributed by atoms with Gasteiger partial charge in [-0.1, -0.05) is 6.92 Å². The van der Waals surface area contributed by atoms with Gasteiger partial charge in [0.05, 0.1) is 11.7 Å². The summed E-state index contributed by atoms with van der Waals surface area (Å²) in [6, 6.07) is 0. The Morgan fingerprint density at radius 3 is 2.06 bits per heavy atom. The molecule has 0 saturated heterocycles. The molecule has 0 radical (unpaired) electrons. The number of nitrogens with two attached hydrogens (primary N) is 1. The molecule has 3 atom stereocenters. The Balaban J connectivity index is 4.93. The first-order valence-electron chi connectivity index (χ1n) is 4.32. The number of carboxylic acids is 1. The van der Waals surface area contributed by atoms with Gasteiger partial charge in [0.25, 0.3) is 0 Å². The molecule has 0 spiro atoms. The number of phosphoric acid groups is 1.